The molecule has 0 radical (unpaired) electrons. The van der Waals surface area contributed by atoms with Crippen LogP contribution in [0.4, 0.5) is 26.3 Å². The molecule has 0 heterocycles. The highest BCUT2D eigenvalue weighted by molar-refractivity contribution is 5.94. The Labute approximate surface area is 135 Å². The zero-order valence-corrected chi connectivity index (χ0v) is 13.0. The van der Waals surface area contributed by atoms with E-state index in [1.807, 2.05) is 0 Å². The Morgan fingerprint density at radius 1 is 0.917 bits per heavy atom. The molecule has 1 fully saturated rings. The summed E-state index contributed by atoms with van der Waals surface area (Å²) in [6, 6.07) is 0.834. The second-order valence-electron chi connectivity index (χ2n) is 6.00. The molecule has 2 nitrogen and oxygen atoms in total. The molecular formula is C16H17F6NO. The van der Waals surface area contributed by atoms with E-state index in [2.05, 4.69) is 0 Å². The van der Waals surface area contributed by atoms with Gasteiger partial charge in [0.05, 0.1) is 11.1 Å². The quantitative estimate of drug-likeness (QED) is 0.675. The van der Waals surface area contributed by atoms with Gasteiger partial charge in [-0.2, -0.15) is 26.3 Å². The van der Waals surface area contributed by atoms with Gasteiger partial charge in [0.25, 0.3) is 5.91 Å². The maximum atomic E-state index is 12.9. The maximum absolute atomic E-state index is 12.9. The van der Waals surface area contributed by atoms with Crippen molar-refractivity contribution in [3.63, 3.8) is 0 Å². The molecule has 0 N–H and O–H groups in total. The molecule has 1 aliphatic carbocycles. The SMILES string of the molecule is CN(C(=O)c1cc(C(F)(F)F)cc(C(F)(F)F)c1)C1CCCCC1. The molecule has 1 aromatic carbocycles. The van der Waals surface area contributed by atoms with E-state index in [9.17, 15) is 31.1 Å². The van der Waals surface area contributed by atoms with E-state index < -0.39 is 35.0 Å². The number of rotatable bonds is 2. The van der Waals surface area contributed by atoms with E-state index in [1.165, 1.54) is 11.9 Å². The first kappa shape index (κ1) is 18.6. The van der Waals surface area contributed by atoms with Gasteiger partial charge >= 0.3 is 12.4 Å². The first-order chi connectivity index (χ1) is 11.0. The summed E-state index contributed by atoms with van der Waals surface area (Å²) < 4.78 is 77.2. The van der Waals surface area contributed by atoms with Gasteiger partial charge in [0.15, 0.2) is 0 Å². The summed E-state index contributed by atoms with van der Waals surface area (Å²) in [6.07, 6.45) is -5.72. The highest BCUT2D eigenvalue weighted by Gasteiger charge is 2.38. The first-order valence-electron chi connectivity index (χ1n) is 7.57. The van der Waals surface area contributed by atoms with Crippen LogP contribution >= 0.6 is 0 Å². The van der Waals surface area contributed by atoms with Crippen LogP contribution in [0.1, 0.15) is 53.6 Å². The summed E-state index contributed by atoms with van der Waals surface area (Å²) in [7, 11) is 1.42. The van der Waals surface area contributed by atoms with Crippen LogP contribution in [-0.2, 0) is 12.4 Å². The summed E-state index contributed by atoms with van der Waals surface area (Å²) in [6.45, 7) is 0. The number of benzene rings is 1. The molecule has 0 aliphatic heterocycles. The van der Waals surface area contributed by atoms with Gasteiger partial charge in [-0.3, -0.25) is 4.79 Å². The Morgan fingerprint density at radius 3 is 1.79 bits per heavy atom. The minimum atomic E-state index is -4.96. The summed E-state index contributed by atoms with van der Waals surface area (Å²) in [5.74, 6) is -0.821. The number of carbonyl (C=O) groups is 1. The van der Waals surface area contributed by atoms with Crippen molar-refractivity contribution in [2.75, 3.05) is 7.05 Å². The summed E-state index contributed by atoms with van der Waals surface area (Å²) in [5.41, 5.74) is -3.54. The van der Waals surface area contributed by atoms with Crippen LogP contribution in [0.3, 0.4) is 0 Å². The molecule has 0 unspecified atom stereocenters. The Hall–Kier alpha value is -1.73. The van der Waals surface area contributed by atoms with Crippen LogP contribution < -0.4 is 0 Å². The summed E-state index contributed by atoms with van der Waals surface area (Å²) in [4.78, 5) is 13.7. The third kappa shape index (κ3) is 4.21. The number of halogens is 6. The van der Waals surface area contributed by atoms with Gasteiger partial charge < -0.3 is 4.90 Å². The molecule has 24 heavy (non-hydrogen) atoms. The number of hydrogen-bond donors (Lipinski definition) is 0. The molecule has 2 rings (SSSR count). The van der Waals surface area contributed by atoms with Crippen molar-refractivity contribution in [2.45, 2.75) is 50.5 Å². The van der Waals surface area contributed by atoms with Crippen LogP contribution in [0.25, 0.3) is 0 Å². The molecule has 0 saturated heterocycles. The Kier molecular flexibility index (Phi) is 5.15. The minimum absolute atomic E-state index is 0.0252. The molecular weight excluding hydrogens is 336 g/mol. The van der Waals surface area contributed by atoms with Gasteiger partial charge in [0.1, 0.15) is 0 Å². The van der Waals surface area contributed by atoms with Crippen LogP contribution in [0.5, 0.6) is 0 Å². The third-order valence-electron chi connectivity index (χ3n) is 4.28. The third-order valence-corrected chi connectivity index (χ3v) is 4.28. The lowest BCUT2D eigenvalue weighted by molar-refractivity contribution is -0.143. The van der Waals surface area contributed by atoms with Crippen molar-refractivity contribution in [3.05, 3.63) is 34.9 Å². The highest BCUT2D eigenvalue weighted by Crippen LogP contribution is 2.36. The molecule has 8 heteroatoms. The molecule has 1 aromatic rings. The van der Waals surface area contributed by atoms with Crippen molar-refractivity contribution in [1.82, 2.24) is 4.90 Å². The van der Waals surface area contributed by atoms with Crippen molar-refractivity contribution < 1.29 is 31.1 Å². The normalized spacial score (nSPS) is 17.0. The van der Waals surface area contributed by atoms with Gasteiger partial charge in [-0.15, -0.1) is 0 Å². The Bertz CT molecular complexity index is 569. The molecule has 1 saturated carbocycles. The number of carbonyl (C=O) groups excluding carboxylic acids is 1. The zero-order valence-electron chi connectivity index (χ0n) is 13.0. The summed E-state index contributed by atoms with van der Waals surface area (Å²) >= 11 is 0. The van der Waals surface area contributed by atoms with Crippen LogP contribution in [0, 0.1) is 0 Å². The molecule has 0 spiro atoms. The zero-order chi connectivity index (χ0) is 18.1. The fourth-order valence-corrected chi connectivity index (χ4v) is 2.92. The second kappa shape index (κ2) is 6.64. The van der Waals surface area contributed by atoms with Gasteiger partial charge in [-0.25, -0.2) is 0 Å². The Balaban J connectivity index is 2.38. The monoisotopic (exact) mass is 353 g/mol. The number of hydrogen-bond acceptors (Lipinski definition) is 1. The fourth-order valence-electron chi connectivity index (χ4n) is 2.92. The predicted molar refractivity (Wildman–Crippen MR) is 75.4 cm³/mol. The van der Waals surface area contributed by atoms with E-state index in [0.717, 1.165) is 19.3 Å². The van der Waals surface area contributed by atoms with Crippen molar-refractivity contribution >= 4 is 5.91 Å². The van der Waals surface area contributed by atoms with Crippen molar-refractivity contribution in [3.8, 4) is 0 Å². The smallest absolute Gasteiger partial charge is 0.339 e. The number of alkyl halides is 6. The first-order valence-corrected chi connectivity index (χ1v) is 7.57. The van der Waals surface area contributed by atoms with Crippen molar-refractivity contribution in [2.24, 2.45) is 0 Å². The average molecular weight is 353 g/mol. The largest absolute Gasteiger partial charge is 0.416 e. The van der Waals surface area contributed by atoms with E-state index in [-0.39, 0.29) is 12.1 Å². The van der Waals surface area contributed by atoms with E-state index >= 15 is 0 Å². The van der Waals surface area contributed by atoms with E-state index in [0.29, 0.717) is 25.0 Å². The standard InChI is InChI=1S/C16H17F6NO/c1-23(13-5-3-2-4-6-13)14(24)10-7-11(15(17,18)19)9-12(8-10)16(20,21)22/h7-9,13H,2-6H2,1H3. The topological polar surface area (TPSA) is 20.3 Å². The van der Waals surface area contributed by atoms with Gasteiger partial charge in [-0.05, 0) is 31.0 Å². The lowest BCUT2D eigenvalue weighted by Gasteiger charge is -2.31. The average Bonchev–Trinajstić information content (AvgIpc) is 2.52. The predicted octanol–water partition coefficient (Wildman–Crippen LogP) is 5.13. The highest BCUT2D eigenvalue weighted by atomic mass is 19.4. The van der Waals surface area contributed by atoms with Crippen molar-refractivity contribution in [1.29, 1.82) is 0 Å². The maximum Gasteiger partial charge on any atom is 0.416 e. The lowest BCUT2D eigenvalue weighted by Crippen LogP contribution is -2.38. The van der Waals surface area contributed by atoms with Gasteiger partial charge in [-0.1, -0.05) is 19.3 Å². The van der Waals surface area contributed by atoms with Crippen LogP contribution in [-0.4, -0.2) is 23.9 Å². The molecule has 0 bridgehead atoms. The fraction of sp³-hybridized carbons (Fsp3) is 0.562. The van der Waals surface area contributed by atoms with Gasteiger partial charge in [0.2, 0.25) is 0 Å². The van der Waals surface area contributed by atoms with E-state index in [4.69, 9.17) is 0 Å². The van der Waals surface area contributed by atoms with Crippen LogP contribution in [0.2, 0.25) is 0 Å². The molecule has 134 valence electrons. The lowest BCUT2D eigenvalue weighted by atomic mass is 9.94. The van der Waals surface area contributed by atoms with E-state index in [1.54, 1.807) is 0 Å². The molecule has 1 amide bonds. The van der Waals surface area contributed by atoms with Crippen LogP contribution in [0.15, 0.2) is 18.2 Å². The minimum Gasteiger partial charge on any atom is -0.339 e. The summed E-state index contributed by atoms with van der Waals surface area (Å²) in [5, 5.41) is 0. The molecule has 1 aliphatic rings. The Morgan fingerprint density at radius 2 is 1.38 bits per heavy atom. The van der Waals surface area contributed by atoms with Gasteiger partial charge in [0, 0.05) is 18.7 Å². The number of amides is 1. The second-order valence-corrected chi connectivity index (χ2v) is 6.00. The molecule has 0 aromatic heterocycles. The number of nitrogens with zero attached hydrogens (tertiary/aromatic N) is 1. The molecule has 0 atom stereocenters.